The predicted octanol–water partition coefficient (Wildman–Crippen LogP) is 6.41. The van der Waals surface area contributed by atoms with Crippen LogP contribution in [0.15, 0.2) is 59.8 Å². The van der Waals surface area contributed by atoms with Gasteiger partial charge in [-0.15, -0.1) is 0 Å². The molecule has 1 amide bonds. The third kappa shape index (κ3) is 4.28. The van der Waals surface area contributed by atoms with E-state index >= 15 is 0 Å². The fraction of sp³-hybridized carbons (Fsp3) is 0.333. The van der Waals surface area contributed by atoms with Crippen LogP contribution in [0.2, 0.25) is 0 Å². The first kappa shape index (κ1) is 23.8. The van der Waals surface area contributed by atoms with Gasteiger partial charge in [-0.3, -0.25) is 14.5 Å². The lowest BCUT2D eigenvalue weighted by Crippen LogP contribution is -2.45. The third-order valence-electron chi connectivity index (χ3n) is 5.92. The predicted molar refractivity (Wildman–Crippen MR) is 113 cm³/mol. The summed E-state index contributed by atoms with van der Waals surface area (Å²) in [6.45, 7) is 3.66. The molecule has 0 spiro atoms. The molecule has 1 aliphatic heterocycles. The van der Waals surface area contributed by atoms with E-state index in [0.717, 1.165) is 24.3 Å². The van der Waals surface area contributed by atoms with Gasteiger partial charge in [-0.25, -0.2) is 0 Å². The molecule has 0 bridgehead atoms. The number of allylic oxidation sites excluding steroid dienone is 1. The first-order valence-corrected chi connectivity index (χ1v) is 10.4. The summed E-state index contributed by atoms with van der Waals surface area (Å²) in [6, 6.07) is 7.71. The van der Waals surface area contributed by atoms with E-state index in [1.807, 2.05) is 13.8 Å². The van der Waals surface area contributed by atoms with Crippen LogP contribution in [0.3, 0.4) is 0 Å². The molecule has 4 nitrogen and oxygen atoms in total. The van der Waals surface area contributed by atoms with Gasteiger partial charge in [0, 0.05) is 17.7 Å². The molecule has 10 heteroatoms. The summed E-state index contributed by atoms with van der Waals surface area (Å²) in [5.41, 5.74) is -1.20. The van der Waals surface area contributed by atoms with E-state index in [9.17, 15) is 35.9 Å². The first-order valence-electron chi connectivity index (χ1n) is 10.4. The Labute approximate surface area is 191 Å². The van der Waals surface area contributed by atoms with Crippen LogP contribution in [0.25, 0.3) is 0 Å². The smallest absolute Gasteiger partial charge is 0.357 e. The molecular weight excluding hydrogens is 462 g/mol. The number of anilines is 2. The highest BCUT2D eigenvalue weighted by molar-refractivity contribution is 6.07. The minimum absolute atomic E-state index is 0.00897. The van der Waals surface area contributed by atoms with Crippen LogP contribution >= 0.6 is 0 Å². The van der Waals surface area contributed by atoms with Crippen molar-refractivity contribution < 1.29 is 35.9 Å². The number of rotatable bonds is 1. The Morgan fingerprint density at radius 3 is 2.18 bits per heavy atom. The van der Waals surface area contributed by atoms with E-state index in [-0.39, 0.29) is 28.9 Å². The Bertz CT molecular complexity index is 1180. The number of amides is 1. The van der Waals surface area contributed by atoms with Crippen LogP contribution in [-0.4, -0.2) is 17.9 Å². The van der Waals surface area contributed by atoms with Crippen LogP contribution in [0.4, 0.5) is 37.7 Å². The standard InChI is InChI=1S/C24H20F6N2O2/c1-22(2)11-16-19(18(33)12-22)20(13-7-9-14(10-8-13)23(25,26)27)32(21(34)24(28,29)30)17-6-4-3-5-15(17)31-16/h3-10,20,31H,11-12H2,1-2H3/t20-/m0/s1. The summed E-state index contributed by atoms with van der Waals surface area (Å²) in [7, 11) is 0. The molecule has 2 aliphatic rings. The van der Waals surface area contributed by atoms with Crippen molar-refractivity contribution in [3.05, 3.63) is 70.9 Å². The summed E-state index contributed by atoms with van der Waals surface area (Å²) in [6.07, 6.45) is -9.64. The highest BCUT2D eigenvalue weighted by Crippen LogP contribution is 2.49. The SMILES string of the molecule is CC1(C)CC(=O)C2=C(C1)Nc1ccccc1N(C(=O)C(F)(F)F)[C@H]2c1ccc(C(F)(F)F)cc1. The molecule has 0 saturated carbocycles. The number of halogens is 6. The number of alkyl halides is 6. The average molecular weight is 482 g/mol. The van der Waals surface area contributed by atoms with Crippen molar-refractivity contribution >= 4 is 23.1 Å². The van der Waals surface area contributed by atoms with E-state index in [1.54, 1.807) is 6.07 Å². The van der Waals surface area contributed by atoms with E-state index in [1.165, 1.54) is 18.2 Å². The molecule has 0 unspecified atom stereocenters. The highest BCUT2D eigenvalue weighted by Gasteiger charge is 2.50. The molecule has 0 saturated heterocycles. The molecule has 2 aromatic carbocycles. The van der Waals surface area contributed by atoms with Crippen molar-refractivity contribution in [3.63, 3.8) is 0 Å². The van der Waals surface area contributed by atoms with Gasteiger partial charge in [-0.05, 0) is 41.7 Å². The van der Waals surface area contributed by atoms with E-state index < -0.39 is 41.1 Å². The number of hydrogen-bond acceptors (Lipinski definition) is 3. The molecule has 1 N–H and O–H groups in total. The number of carbonyl (C=O) groups excluding carboxylic acids is 2. The van der Waals surface area contributed by atoms with Gasteiger partial charge < -0.3 is 5.32 Å². The monoisotopic (exact) mass is 482 g/mol. The van der Waals surface area contributed by atoms with Crippen molar-refractivity contribution in [2.24, 2.45) is 5.41 Å². The average Bonchev–Trinajstić information content (AvgIpc) is 2.85. The van der Waals surface area contributed by atoms with Crippen molar-refractivity contribution in [2.75, 3.05) is 10.2 Å². The normalized spacial score (nSPS) is 20.3. The molecule has 4 rings (SSSR count). The van der Waals surface area contributed by atoms with Gasteiger partial charge in [0.25, 0.3) is 0 Å². The second kappa shape index (κ2) is 7.89. The fourth-order valence-electron chi connectivity index (χ4n) is 4.52. The van der Waals surface area contributed by atoms with Crippen LogP contribution in [0.1, 0.15) is 43.9 Å². The molecule has 1 heterocycles. The van der Waals surface area contributed by atoms with E-state index in [4.69, 9.17) is 0 Å². The second-order valence-electron chi connectivity index (χ2n) is 9.17. The second-order valence-corrected chi connectivity index (χ2v) is 9.17. The molecule has 1 aliphatic carbocycles. The molecule has 180 valence electrons. The maximum absolute atomic E-state index is 13.8. The maximum Gasteiger partial charge on any atom is 0.471 e. The minimum Gasteiger partial charge on any atom is -0.357 e. The van der Waals surface area contributed by atoms with Gasteiger partial charge in [0.05, 0.1) is 23.0 Å². The lowest BCUT2D eigenvalue weighted by atomic mass is 9.73. The lowest BCUT2D eigenvalue weighted by molar-refractivity contribution is -0.170. The van der Waals surface area contributed by atoms with Crippen molar-refractivity contribution in [1.29, 1.82) is 0 Å². The van der Waals surface area contributed by atoms with Crippen LogP contribution in [-0.2, 0) is 15.8 Å². The minimum atomic E-state index is -5.29. The van der Waals surface area contributed by atoms with E-state index in [2.05, 4.69) is 5.32 Å². The molecule has 0 fully saturated rings. The molecule has 0 radical (unpaired) electrons. The number of para-hydroxylation sites is 2. The van der Waals surface area contributed by atoms with Crippen LogP contribution < -0.4 is 10.2 Å². The van der Waals surface area contributed by atoms with Gasteiger partial charge in [0.2, 0.25) is 0 Å². The number of nitrogens with zero attached hydrogens (tertiary/aromatic N) is 1. The number of nitrogens with one attached hydrogen (secondary N) is 1. The maximum atomic E-state index is 13.8. The van der Waals surface area contributed by atoms with E-state index in [0.29, 0.717) is 17.0 Å². The Morgan fingerprint density at radius 2 is 1.59 bits per heavy atom. The Balaban J connectivity index is 2.00. The molecular formula is C24H20F6N2O2. The zero-order valence-corrected chi connectivity index (χ0v) is 18.1. The Hall–Kier alpha value is -3.30. The fourth-order valence-corrected chi connectivity index (χ4v) is 4.52. The van der Waals surface area contributed by atoms with Crippen molar-refractivity contribution in [3.8, 4) is 0 Å². The third-order valence-corrected chi connectivity index (χ3v) is 5.92. The van der Waals surface area contributed by atoms with Gasteiger partial charge in [0.1, 0.15) is 0 Å². The van der Waals surface area contributed by atoms with Crippen molar-refractivity contribution in [2.45, 2.75) is 45.1 Å². The topological polar surface area (TPSA) is 49.4 Å². The van der Waals surface area contributed by atoms with Crippen LogP contribution in [0, 0.1) is 5.41 Å². The largest absolute Gasteiger partial charge is 0.471 e. The van der Waals surface area contributed by atoms with Gasteiger partial charge in [-0.1, -0.05) is 38.1 Å². The number of carbonyl (C=O) groups is 2. The zero-order valence-electron chi connectivity index (χ0n) is 18.1. The summed E-state index contributed by atoms with van der Waals surface area (Å²) in [4.78, 5) is 26.5. The molecule has 2 aromatic rings. The van der Waals surface area contributed by atoms with Crippen molar-refractivity contribution in [1.82, 2.24) is 0 Å². The molecule has 0 aromatic heterocycles. The van der Waals surface area contributed by atoms with Crippen LogP contribution in [0.5, 0.6) is 0 Å². The number of hydrogen-bond donors (Lipinski definition) is 1. The number of fused-ring (bicyclic) bond motifs is 1. The number of benzene rings is 2. The van der Waals surface area contributed by atoms with Gasteiger partial charge in [-0.2, -0.15) is 26.3 Å². The molecule has 1 atom stereocenters. The van der Waals surface area contributed by atoms with Gasteiger partial charge in [0.15, 0.2) is 5.78 Å². The summed E-state index contributed by atoms with van der Waals surface area (Å²) in [5, 5.41) is 3.04. The summed E-state index contributed by atoms with van der Waals surface area (Å²) in [5.74, 6) is -2.70. The molecule has 34 heavy (non-hydrogen) atoms. The lowest BCUT2D eigenvalue weighted by Gasteiger charge is -2.37. The number of ketones is 1. The summed E-state index contributed by atoms with van der Waals surface area (Å²) >= 11 is 0. The highest BCUT2D eigenvalue weighted by atomic mass is 19.4. The Kier molecular flexibility index (Phi) is 5.53. The van der Waals surface area contributed by atoms with Gasteiger partial charge >= 0.3 is 18.3 Å². The quantitative estimate of drug-likeness (QED) is 0.478. The number of Topliss-reactive ketones (excluding diaryl/α,β-unsaturated/α-hetero) is 1. The Morgan fingerprint density at radius 1 is 0.971 bits per heavy atom. The first-order chi connectivity index (χ1) is 15.7. The zero-order chi connectivity index (χ0) is 25.1. The summed E-state index contributed by atoms with van der Waals surface area (Å²) < 4.78 is 80.6.